The van der Waals surface area contributed by atoms with Gasteiger partial charge < -0.3 is 10.1 Å². The van der Waals surface area contributed by atoms with E-state index in [9.17, 15) is 0 Å². The van der Waals surface area contributed by atoms with Gasteiger partial charge in [-0.05, 0) is 24.3 Å². The molecule has 0 unspecified atom stereocenters. The molecule has 0 bridgehead atoms. The van der Waals surface area contributed by atoms with Crippen molar-refractivity contribution in [3.05, 3.63) is 28.7 Å². The van der Waals surface area contributed by atoms with Crippen LogP contribution >= 0.6 is 27.5 Å². The molecule has 0 fully saturated rings. The average molecular weight is 301 g/mol. The van der Waals surface area contributed by atoms with Gasteiger partial charge in [0.15, 0.2) is 5.00 Å². The van der Waals surface area contributed by atoms with E-state index >= 15 is 0 Å². The van der Waals surface area contributed by atoms with E-state index in [1.165, 1.54) is 11.5 Å². The lowest BCUT2D eigenvalue weighted by molar-refractivity contribution is 0.318. The van der Waals surface area contributed by atoms with Crippen LogP contribution in [0.25, 0.3) is 0 Å². The minimum absolute atomic E-state index is 0.0838. The van der Waals surface area contributed by atoms with E-state index in [0.29, 0.717) is 5.88 Å². The minimum Gasteiger partial charge on any atom is -0.459 e. The summed E-state index contributed by atoms with van der Waals surface area (Å²) in [6.07, 6.45) is 0. The van der Waals surface area contributed by atoms with Crippen LogP contribution < -0.4 is 15.8 Å². The summed E-state index contributed by atoms with van der Waals surface area (Å²) < 4.78 is 9.94. The van der Waals surface area contributed by atoms with Crippen molar-refractivity contribution in [2.75, 3.05) is 12.0 Å². The van der Waals surface area contributed by atoms with E-state index in [1.807, 2.05) is 24.3 Å². The second-order valence-electron chi connectivity index (χ2n) is 2.85. The van der Waals surface area contributed by atoms with Gasteiger partial charge in [-0.25, -0.2) is 0 Å². The van der Waals surface area contributed by atoms with E-state index in [1.54, 1.807) is 0 Å². The molecule has 84 valence electrons. The summed E-state index contributed by atoms with van der Waals surface area (Å²) in [6, 6.07) is 7.77. The van der Waals surface area contributed by atoms with Gasteiger partial charge in [0.1, 0.15) is 6.73 Å². The highest BCUT2D eigenvalue weighted by atomic mass is 79.9. The highest BCUT2D eigenvalue weighted by molar-refractivity contribution is 9.10. The normalized spacial score (nSPS) is 10.1. The molecule has 5 nitrogen and oxygen atoms in total. The molecular formula is C9H9BrN4OS. The number of benzene rings is 1. The summed E-state index contributed by atoms with van der Waals surface area (Å²) in [6.45, 7) is 0.0838. The molecule has 2 aromatic rings. The molecule has 0 spiro atoms. The van der Waals surface area contributed by atoms with E-state index < -0.39 is 0 Å². The zero-order chi connectivity index (χ0) is 11.4. The van der Waals surface area contributed by atoms with Crippen LogP contribution in [0.3, 0.4) is 0 Å². The number of nitrogens with one attached hydrogen (secondary N) is 1. The number of aromatic nitrogens is 2. The molecule has 0 aliphatic carbocycles. The Labute approximate surface area is 105 Å². The number of rotatable bonds is 4. The molecular weight excluding hydrogens is 292 g/mol. The third kappa shape index (κ3) is 2.69. The van der Waals surface area contributed by atoms with Crippen LogP contribution in [0.1, 0.15) is 0 Å². The lowest BCUT2D eigenvalue weighted by Crippen LogP contribution is -2.08. The lowest BCUT2D eigenvalue weighted by Gasteiger charge is -2.05. The number of ether oxygens (including phenoxy) is 1. The zero-order valence-electron chi connectivity index (χ0n) is 8.18. The highest BCUT2D eigenvalue weighted by Gasteiger charge is 2.08. The van der Waals surface area contributed by atoms with E-state index in [4.69, 9.17) is 10.5 Å². The molecule has 0 saturated carbocycles. The first-order valence-corrected chi connectivity index (χ1v) is 6.04. The first-order valence-electron chi connectivity index (χ1n) is 4.47. The smallest absolute Gasteiger partial charge is 0.272 e. The Morgan fingerprint density at radius 2 is 2.12 bits per heavy atom. The molecule has 1 heterocycles. The Balaban J connectivity index is 2.13. The number of halogens is 1. The Hall–Kier alpha value is -1.18. The zero-order valence-corrected chi connectivity index (χ0v) is 10.6. The number of hydrogen-bond acceptors (Lipinski definition) is 6. The molecule has 0 amide bonds. The number of nitrogens with two attached hydrogens (primary N) is 1. The van der Waals surface area contributed by atoms with E-state index in [-0.39, 0.29) is 6.73 Å². The lowest BCUT2D eigenvalue weighted by atomic mass is 10.3. The van der Waals surface area contributed by atoms with Gasteiger partial charge in [-0.1, -0.05) is 25.5 Å². The van der Waals surface area contributed by atoms with Gasteiger partial charge in [-0.15, -0.1) is 0 Å². The molecule has 2 rings (SSSR count). The van der Waals surface area contributed by atoms with Crippen molar-refractivity contribution in [1.82, 2.24) is 9.59 Å². The van der Waals surface area contributed by atoms with Crippen molar-refractivity contribution in [3.8, 4) is 5.88 Å². The molecule has 1 aromatic heterocycles. The van der Waals surface area contributed by atoms with Crippen LogP contribution in [0.4, 0.5) is 10.7 Å². The Morgan fingerprint density at radius 3 is 2.81 bits per heavy atom. The fourth-order valence-electron chi connectivity index (χ4n) is 1.10. The summed E-state index contributed by atoms with van der Waals surface area (Å²) in [4.78, 5) is 0. The number of hydrogen-bond donors (Lipinski definition) is 2. The fourth-order valence-corrected chi connectivity index (χ4v) is 1.90. The van der Waals surface area contributed by atoms with Gasteiger partial charge in [0.2, 0.25) is 0 Å². The fraction of sp³-hybridized carbons (Fsp3) is 0.111. The molecule has 0 atom stereocenters. The maximum Gasteiger partial charge on any atom is 0.272 e. The largest absolute Gasteiger partial charge is 0.459 e. The Morgan fingerprint density at radius 1 is 1.38 bits per heavy atom. The standard InChI is InChI=1S/C9H9BrN4OS/c10-6-1-3-7(4-2-6)12-9-8(15-5-11)13-14-16-9/h1-4,12H,5,11H2. The highest BCUT2D eigenvalue weighted by Crippen LogP contribution is 2.29. The average Bonchev–Trinajstić information content (AvgIpc) is 2.70. The quantitative estimate of drug-likeness (QED) is 0.848. The summed E-state index contributed by atoms with van der Waals surface area (Å²) in [5.74, 6) is 0.426. The molecule has 0 saturated heterocycles. The number of anilines is 2. The topological polar surface area (TPSA) is 73.1 Å². The third-order valence-corrected chi connectivity index (χ3v) is 2.93. The SMILES string of the molecule is NCOc1nnsc1Nc1ccc(Br)cc1. The maximum absolute atomic E-state index is 5.28. The van der Waals surface area contributed by atoms with Crippen LogP contribution in [-0.2, 0) is 0 Å². The Kier molecular flexibility index (Phi) is 3.70. The molecule has 16 heavy (non-hydrogen) atoms. The van der Waals surface area contributed by atoms with Gasteiger partial charge in [-0.3, -0.25) is 5.73 Å². The first-order chi connectivity index (χ1) is 7.79. The van der Waals surface area contributed by atoms with E-state index in [0.717, 1.165) is 15.2 Å². The summed E-state index contributed by atoms with van der Waals surface area (Å²) in [5.41, 5.74) is 6.22. The maximum atomic E-state index is 5.28. The van der Waals surface area contributed by atoms with Crippen LogP contribution in [0.15, 0.2) is 28.7 Å². The molecule has 1 aromatic carbocycles. The van der Waals surface area contributed by atoms with Gasteiger partial charge in [0.05, 0.1) is 0 Å². The van der Waals surface area contributed by atoms with Crippen molar-refractivity contribution >= 4 is 38.2 Å². The van der Waals surface area contributed by atoms with Crippen LogP contribution in [0.2, 0.25) is 0 Å². The molecule has 3 N–H and O–H groups in total. The van der Waals surface area contributed by atoms with Crippen molar-refractivity contribution in [2.45, 2.75) is 0 Å². The van der Waals surface area contributed by atoms with Crippen LogP contribution in [-0.4, -0.2) is 16.3 Å². The van der Waals surface area contributed by atoms with Crippen LogP contribution in [0.5, 0.6) is 5.88 Å². The van der Waals surface area contributed by atoms with E-state index in [2.05, 4.69) is 30.8 Å². The molecule has 0 radical (unpaired) electrons. The molecule has 0 aliphatic heterocycles. The molecule has 7 heteroatoms. The second kappa shape index (κ2) is 5.24. The number of nitrogens with zero attached hydrogens (tertiary/aromatic N) is 2. The van der Waals surface area contributed by atoms with Crippen molar-refractivity contribution < 1.29 is 4.74 Å². The summed E-state index contributed by atoms with van der Waals surface area (Å²) >= 11 is 4.60. The van der Waals surface area contributed by atoms with Gasteiger partial charge in [0.25, 0.3) is 5.88 Å². The minimum atomic E-state index is 0.0838. The van der Waals surface area contributed by atoms with Crippen molar-refractivity contribution in [1.29, 1.82) is 0 Å². The van der Waals surface area contributed by atoms with Gasteiger partial charge >= 0.3 is 0 Å². The Bertz CT molecular complexity index is 459. The molecule has 0 aliphatic rings. The predicted octanol–water partition coefficient (Wildman–Crippen LogP) is 2.34. The van der Waals surface area contributed by atoms with Crippen molar-refractivity contribution in [2.24, 2.45) is 5.73 Å². The monoisotopic (exact) mass is 300 g/mol. The summed E-state index contributed by atoms with van der Waals surface area (Å²) in [7, 11) is 0. The van der Waals surface area contributed by atoms with Gasteiger partial charge in [0, 0.05) is 21.7 Å². The van der Waals surface area contributed by atoms with Gasteiger partial charge in [-0.2, -0.15) is 0 Å². The van der Waals surface area contributed by atoms with Crippen LogP contribution in [0, 0.1) is 0 Å². The summed E-state index contributed by atoms with van der Waals surface area (Å²) in [5, 5.41) is 7.71. The van der Waals surface area contributed by atoms with Crippen molar-refractivity contribution in [3.63, 3.8) is 0 Å². The predicted molar refractivity (Wildman–Crippen MR) is 67.0 cm³/mol. The second-order valence-corrected chi connectivity index (χ2v) is 4.52. The first kappa shape index (κ1) is 11.3. The third-order valence-electron chi connectivity index (χ3n) is 1.78.